The number of carbonyl (C=O) groups excluding carboxylic acids is 1. The Hall–Kier alpha value is -4.05. The zero-order valence-electron chi connectivity index (χ0n) is 19.3. The van der Waals surface area contributed by atoms with Gasteiger partial charge in [-0.2, -0.15) is 0 Å². The Morgan fingerprint density at radius 3 is 2.49 bits per heavy atom. The maximum atomic E-state index is 13.3. The molecule has 35 heavy (non-hydrogen) atoms. The van der Waals surface area contributed by atoms with Gasteiger partial charge < -0.3 is 14.6 Å². The lowest BCUT2D eigenvalue weighted by Crippen LogP contribution is -2.44. The molecule has 0 unspecified atom stereocenters. The predicted octanol–water partition coefficient (Wildman–Crippen LogP) is 1.55. The number of carbonyl (C=O) groups is 1. The molecule has 9 nitrogen and oxygen atoms in total. The minimum Gasteiger partial charge on any atom is -0.383 e. The topological polar surface area (TPSA) is 100 Å². The minimum absolute atomic E-state index is 0.198. The van der Waals surface area contributed by atoms with Crippen LogP contribution in [0.5, 0.6) is 0 Å². The average molecular weight is 480 g/mol. The molecule has 0 bridgehead atoms. The van der Waals surface area contributed by atoms with E-state index in [1.807, 2.05) is 30.3 Å². The minimum atomic E-state index is -0.614. The van der Waals surface area contributed by atoms with Gasteiger partial charge in [-0.15, -0.1) is 0 Å². The lowest BCUT2D eigenvalue weighted by molar-refractivity contribution is -0.121. The molecule has 0 fully saturated rings. The second kappa shape index (κ2) is 10.9. The zero-order valence-corrected chi connectivity index (χ0v) is 19.3. The maximum Gasteiger partial charge on any atom is 0.333 e. The summed E-state index contributed by atoms with van der Waals surface area (Å²) < 4.78 is 22.2. The monoisotopic (exact) mass is 479 g/mol. The number of amides is 1. The van der Waals surface area contributed by atoms with Crippen molar-refractivity contribution in [3.05, 3.63) is 98.7 Å². The second-order valence-corrected chi connectivity index (χ2v) is 8.08. The van der Waals surface area contributed by atoms with E-state index in [1.54, 1.807) is 23.8 Å². The SMILES string of the molecule is COCCn1cnc2c1c(=O)n(CC(=O)NCCc1ccc(F)cc1)c(=O)n2Cc1ccccc1. The number of nitrogens with zero attached hydrogens (tertiary/aromatic N) is 4. The van der Waals surface area contributed by atoms with Crippen LogP contribution in [-0.2, 0) is 35.6 Å². The number of methoxy groups -OCH3 is 1. The van der Waals surface area contributed by atoms with Crippen LogP contribution in [0.4, 0.5) is 4.39 Å². The zero-order chi connectivity index (χ0) is 24.8. The Bertz CT molecular complexity index is 1420. The van der Waals surface area contributed by atoms with E-state index >= 15 is 0 Å². The van der Waals surface area contributed by atoms with Crippen LogP contribution in [0.15, 0.2) is 70.5 Å². The normalized spacial score (nSPS) is 11.1. The fourth-order valence-electron chi connectivity index (χ4n) is 3.84. The highest BCUT2D eigenvalue weighted by molar-refractivity contribution is 5.76. The molecule has 2 aromatic heterocycles. The van der Waals surface area contributed by atoms with Crippen molar-refractivity contribution in [2.24, 2.45) is 0 Å². The Labute approximate surface area is 200 Å². The van der Waals surface area contributed by atoms with Crippen molar-refractivity contribution in [2.45, 2.75) is 26.1 Å². The van der Waals surface area contributed by atoms with Crippen molar-refractivity contribution in [3.8, 4) is 0 Å². The lowest BCUT2D eigenvalue weighted by atomic mass is 10.1. The Morgan fingerprint density at radius 2 is 1.77 bits per heavy atom. The van der Waals surface area contributed by atoms with Crippen molar-refractivity contribution in [2.75, 3.05) is 20.3 Å². The lowest BCUT2D eigenvalue weighted by Gasteiger charge is -2.13. The standard InChI is InChI=1S/C25H26FN5O4/c1-35-14-13-29-17-28-23-22(29)24(33)31(25(34)30(23)15-19-5-3-2-4-6-19)16-21(32)27-12-11-18-7-9-20(26)10-8-18/h2-10,17H,11-16H2,1H3,(H,27,32). The summed E-state index contributed by atoms with van der Waals surface area (Å²) in [4.78, 5) is 43.6. The fraction of sp³-hybridized carbons (Fsp3) is 0.280. The molecule has 2 aromatic carbocycles. The van der Waals surface area contributed by atoms with Crippen LogP contribution in [0.2, 0.25) is 0 Å². The molecule has 0 atom stereocenters. The van der Waals surface area contributed by atoms with Gasteiger partial charge in [-0.1, -0.05) is 42.5 Å². The molecular formula is C25H26FN5O4. The van der Waals surface area contributed by atoms with Gasteiger partial charge in [0.2, 0.25) is 5.91 Å². The molecule has 4 rings (SSSR count). The highest BCUT2D eigenvalue weighted by atomic mass is 19.1. The van der Waals surface area contributed by atoms with Crippen LogP contribution >= 0.6 is 0 Å². The third kappa shape index (κ3) is 5.55. The quantitative estimate of drug-likeness (QED) is 0.372. The Kier molecular flexibility index (Phi) is 7.51. The van der Waals surface area contributed by atoms with E-state index in [0.29, 0.717) is 19.6 Å². The number of rotatable bonds is 10. The molecule has 0 saturated carbocycles. The summed E-state index contributed by atoms with van der Waals surface area (Å²) in [6.07, 6.45) is 1.99. The van der Waals surface area contributed by atoms with Crippen LogP contribution in [0.1, 0.15) is 11.1 Å². The van der Waals surface area contributed by atoms with E-state index in [1.165, 1.54) is 23.0 Å². The molecule has 1 N–H and O–H groups in total. The van der Waals surface area contributed by atoms with Crippen LogP contribution < -0.4 is 16.6 Å². The number of imidazole rings is 1. The number of hydrogen-bond donors (Lipinski definition) is 1. The first-order chi connectivity index (χ1) is 17.0. The first-order valence-corrected chi connectivity index (χ1v) is 11.2. The van der Waals surface area contributed by atoms with Gasteiger partial charge in [-0.05, 0) is 29.7 Å². The molecule has 0 aliphatic carbocycles. The van der Waals surface area contributed by atoms with Crippen molar-refractivity contribution in [3.63, 3.8) is 0 Å². The van der Waals surface area contributed by atoms with E-state index in [4.69, 9.17) is 4.74 Å². The van der Waals surface area contributed by atoms with Gasteiger partial charge in [0, 0.05) is 20.2 Å². The van der Waals surface area contributed by atoms with Gasteiger partial charge in [-0.3, -0.25) is 14.2 Å². The van der Waals surface area contributed by atoms with E-state index in [0.717, 1.165) is 15.7 Å². The summed E-state index contributed by atoms with van der Waals surface area (Å²) in [5, 5.41) is 2.73. The van der Waals surface area contributed by atoms with Crippen molar-refractivity contribution >= 4 is 17.1 Å². The summed E-state index contributed by atoms with van der Waals surface area (Å²) >= 11 is 0. The first kappa shape index (κ1) is 24.1. The number of hydrogen-bond acceptors (Lipinski definition) is 5. The van der Waals surface area contributed by atoms with Crippen LogP contribution in [-0.4, -0.2) is 44.9 Å². The Balaban J connectivity index is 1.62. The largest absolute Gasteiger partial charge is 0.383 e. The number of benzene rings is 2. The number of fused-ring (bicyclic) bond motifs is 1. The second-order valence-electron chi connectivity index (χ2n) is 8.08. The Morgan fingerprint density at radius 1 is 1.03 bits per heavy atom. The maximum absolute atomic E-state index is 13.3. The van der Waals surface area contributed by atoms with Gasteiger partial charge in [0.15, 0.2) is 11.2 Å². The molecule has 0 saturated heterocycles. The van der Waals surface area contributed by atoms with Crippen LogP contribution in [0.3, 0.4) is 0 Å². The molecule has 10 heteroatoms. The molecule has 0 radical (unpaired) electrons. The highest BCUT2D eigenvalue weighted by Gasteiger charge is 2.20. The van der Waals surface area contributed by atoms with Gasteiger partial charge in [-0.25, -0.2) is 18.7 Å². The van der Waals surface area contributed by atoms with E-state index in [2.05, 4.69) is 10.3 Å². The molecule has 0 aliphatic heterocycles. The number of aromatic nitrogens is 4. The van der Waals surface area contributed by atoms with E-state index < -0.39 is 23.7 Å². The van der Waals surface area contributed by atoms with Crippen LogP contribution in [0.25, 0.3) is 11.2 Å². The van der Waals surface area contributed by atoms with E-state index in [9.17, 15) is 18.8 Å². The number of halogens is 1. The number of ether oxygens (including phenoxy) is 1. The number of nitrogens with one attached hydrogen (secondary N) is 1. The molecule has 1 amide bonds. The highest BCUT2D eigenvalue weighted by Crippen LogP contribution is 2.10. The van der Waals surface area contributed by atoms with E-state index in [-0.39, 0.29) is 30.1 Å². The summed E-state index contributed by atoms with van der Waals surface area (Å²) in [7, 11) is 1.55. The van der Waals surface area contributed by atoms with Crippen LogP contribution in [0, 0.1) is 5.82 Å². The summed E-state index contributed by atoms with van der Waals surface area (Å²) in [6.45, 7) is 0.777. The molecule has 4 aromatic rings. The smallest absolute Gasteiger partial charge is 0.333 e. The third-order valence-electron chi connectivity index (χ3n) is 5.65. The molecule has 0 spiro atoms. The van der Waals surface area contributed by atoms with Crippen molar-refractivity contribution < 1.29 is 13.9 Å². The summed E-state index contributed by atoms with van der Waals surface area (Å²) in [5.41, 5.74) is 1.01. The molecule has 2 heterocycles. The average Bonchev–Trinajstić information content (AvgIpc) is 3.29. The third-order valence-corrected chi connectivity index (χ3v) is 5.65. The van der Waals surface area contributed by atoms with Gasteiger partial charge in [0.1, 0.15) is 12.4 Å². The fourth-order valence-corrected chi connectivity index (χ4v) is 3.84. The summed E-state index contributed by atoms with van der Waals surface area (Å²) in [6, 6.07) is 15.3. The summed E-state index contributed by atoms with van der Waals surface area (Å²) in [5.74, 6) is -0.802. The predicted molar refractivity (Wildman–Crippen MR) is 129 cm³/mol. The van der Waals surface area contributed by atoms with Gasteiger partial charge >= 0.3 is 5.69 Å². The van der Waals surface area contributed by atoms with Crippen molar-refractivity contribution in [1.82, 2.24) is 24.0 Å². The molecular weight excluding hydrogens is 453 g/mol. The molecule has 182 valence electrons. The first-order valence-electron chi connectivity index (χ1n) is 11.2. The van der Waals surface area contributed by atoms with Gasteiger partial charge in [0.05, 0.1) is 19.5 Å². The van der Waals surface area contributed by atoms with Gasteiger partial charge in [0.25, 0.3) is 5.56 Å². The molecule has 0 aliphatic rings. The van der Waals surface area contributed by atoms with Crippen molar-refractivity contribution in [1.29, 1.82) is 0 Å².